The van der Waals surface area contributed by atoms with Crippen molar-refractivity contribution in [2.45, 2.75) is 18.9 Å². The summed E-state index contributed by atoms with van der Waals surface area (Å²) in [6.45, 7) is 0. The van der Waals surface area contributed by atoms with E-state index in [-0.39, 0.29) is 28.5 Å². The average Bonchev–Trinajstić information content (AvgIpc) is 2.96. The van der Waals surface area contributed by atoms with Gasteiger partial charge in [-0.2, -0.15) is 0 Å². The van der Waals surface area contributed by atoms with Crippen molar-refractivity contribution >= 4 is 17.3 Å². The number of ether oxygens (including phenoxy) is 1. The minimum Gasteiger partial charge on any atom is -0.494 e. The van der Waals surface area contributed by atoms with Crippen LogP contribution >= 0.6 is 11.3 Å². The lowest BCUT2D eigenvalue weighted by molar-refractivity contribution is -0.138. The molecule has 0 fully saturated rings. The van der Waals surface area contributed by atoms with Crippen LogP contribution in [0.3, 0.4) is 0 Å². The minimum absolute atomic E-state index is 0.117. The van der Waals surface area contributed by atoms with Crippen molar-refractivity contribution in [3.63, 3.8) is 0 Å². The zero-order valence-electron chi connectivity index (χ0n) is 14.5. The Morgan fingerprint density at radius 3 is 2.46 bits per heavy atom. The van der Waals surface area contributed by atoms with Crippen LogP contribution < -0.4 is 15.3 Å². The van der Waals surface area contributed by atoms with Gasteiger partial charge in [0.15, 0.2) is 0 Å². The van der Waals surface area contributed by atoms with Gasteiger partial charge in [-0.3, -0.25) is 14.6 Å². The first-order chi connectivity index (χ1) is 13.3. The van der Waals surface area contributed by atoms with Crippen LogP contribution in [0.2, 0.25) is 0 Å². The summed E-state index contributed by atoms with van der Waals surface area (Å²) in [5.41, 5.74) is 6.49. The van der Waals surface area contributed by atoms with Gasteiger partial charge in [0.25, 0.3) is 0 Å². The quantitative estimate of drug-likeness (QED) is 0.480. The van der Waals surface area contributed by atoms with Crippen molar-refractivity contribution in [3.8, 4) is 17.4 Å². The first-order valence-electron chi connectivity index (χ1n) is 8.26. The third-order valence-electron chi connectivity index (χ3n) is 4.01. The number of aliphatic carboxylic acids is 1. The maximum Gasteiger partial charge on any atom is 0.320 e. The highest BCUT2D eigenvalue weighted by molar-refractivity contribution is 7.09. The number of nitrogens with one attached hydrogen (secondary N) is 1. The fraction of sp³-hybridized carbons (Fsp3) is 0.158. The highest BCUT2D eigenvalue weighted by atomic mass is 32.1. The van der Waals surface area contributed by atoms with Gasteiger partial charge in [-0.1, -0.05) is 29.5 Å². The molecule has 146 valence electrons. The highest BCUT2D eigenvalue weighted by Crippen LogP contribution is 2.26. The van der Waals surface area contributed by atoms with E-state index in [1.807, 2.05) is 0 Å². The third kappa shape index (κ3) is 4.76. The molecule has 0 aliphatic heterocycles. The monoisotopic (exact) mass is 404 g/mol. The van der Waals surface area contributed by atoms with Gasteiger partial charge in [0.05, 0.1) is 4.88 Å². The van der Waals surface area contributed by atoms with Crippen molar-refractivity contribution in [1.29, 1.82) is 0 Å². The number of nitrogens with two attached hydrogens (primary N) is 1. The van der Waals surface area contributed by atoms with Gasteiger partial charge in [0, 0.05) is 18.9 Å². The Morgan fingerprint density at radius 2 is 1.89 bits per heavy atom. The van der Waals surface area contributed by atoms with Crippen LogP contribution in [0, 0.1) is 5.82 Å². The summed E-state index contributed by atoms with van der Waals surface area (Å²) in [6, 6.07) is 9.90. The molecule has 2 aromatic carbocycles. The smallest absolute Gasteiger partial charge is 0.320 e. The normalized spacial score (nSPS) is 11.9. The van der Waals surface area contributed by atoms with E-state index in [1.54, 1.807) is 24.3 Å². The van der Waals surface area contributed by atoms with E-state index in [1.165, 1.54) is 18.2 Å². The molecule has 1 unspecified atom stereocenters. The molecule has 0 saturated heterocycles. The Hall–Kier alpha value is -3.17. The number of hydrogen-bond donors (Lipinski definition) is 4. The summed E-state index contributed by atoms with van der Waals surface area (Å²) >= 11 is 0.945. The summed E-state index contributed by atoms with van der Waals surface area (Å²) in [6.07, 6.45) is 0.275. The number of benzene rings is 2. The number of aromatic amines is 1. The fourth-order valence-corrected chi connectivity index (χ4v) is 3.31. The average molecular weight is 404 g/mol. The number of aromatic hydroxyl groups is 1. The molecular weight excluding hydrogens is 387 g/mol. The van der Waals surface area contributed by atoms with Gasteiger partial charge in [-0.25, -0.2) is 4.39 Å². The van der Waals surface area contributed by atoms with Crippen LogP contribution in [0.25, 0.3) is 0 Å². The predicted molar refractivity (Wildman–Crippen MR) is 102 cm³/mol. The molecular formula is C19H17FN2O5S. The molecule has 0 aliphatic rings. The van der Waals surface area contributed by atoms with Gasteiger partial charge in [0.2, 0.25) is 5.88 Å². The highest BCUT2D eigenvalue weighted by Gasteiger charge is 2.15. The summed E-state index contributed by atoms with van der Waals surface area (Å²) in [4.78, 5) is 24.5. The number of thiazole rings is 1. The summed E-state index contributed by atoms with van der Waals surface area (Å²) in [7, 11) is 0. The molecule has 0 aliphatic carbocycles. The fourth-order valence-electron chi connectivity index (χ4n) is 2.55. The second-order valence-corrected chi connectivity index (χ2v) is 7.18. The maximum absolute atomic E-state index is 14.1. The largest absolute Gasteiger partial charge is 0.494 e. The maximum atomic E-state index is 14.1. The van der Waals surface area contributed by atoms with Crippen LogP contribution in [0.15, 0.2) is 47.3 Å². The molecule has 3 rings (SSSR count). The van der Waals surface area contributed by atoms with Gasteiger partial charge >= 0.3 is 10.8 Å². The number of carboxylic acids is 1. The van der Waals surface area contributed by atoms with E-state index in [9.17, 15) is 19.1 Å². The van der Waals surface area contributed by atoms with Crippen LogP contribution in [0.5, 0.6) is 17.4 Å². The summed E-state index contributed by atoms with van der Waals surface area (Å²) in [5.74, 6) is -1.18. The number of carbonyl (C=O) groups is 1. The lowest BCUT2D eigenvalue weighted by atomic mass is 10.1. The molecule has 28 heavy (non-hydrogen) atoms. The van der Waals surface area contributed by atoms with Crippen LogP contribution in [-0.2, 0) is 17.6 Å². The SMILES string of the molecule is NC(Cc1ccc(Oc2ccc(Cc3sc(=O)[nH]c3O)cc2)cc1F)C(=O)O. The van der Waals surface area contributed by atoms with Crippen molar-refractivity contribution < 1.29 is 24.1 Å². The second kappa shape index (κ2) is 8.24. The lowest BCUT2D eigenvalue weighted by Crippen LogP contribution is -2.32. The molecule has 0 spiro atoms. The molecule has 0 radical (unpaired) electrons. The van der Waals surface area contributed by atoms with Crippen molar-refractivity contribution in [2.75, 3.05) is 0 Å². The molecule has 5 N–H and O–H groups in total. The number of H-pyrrole nitrogens is 1. The zero-order chi connectivity index (χ0) is 20.3. The Kier molecular flexibility index (Phi) is 5.76. The van der Waals surface area contributed by atoms with Crippen molar-refractivity contribution in [3.05, 3.63) is 74.0 Å². The zero-order valence-corrected chi connectivity index (χ0v) is 15.3. The molecule has 1 atom stereocenters. The number of aromatic nitrogens is 1. The number of carboxylic acid groups (broad SMARTS) is 1. The summed E-state index contributed by atoms with van der Waals surface area (Å²) in [5, 5.41) is 18.4. The third-order valence-corrected chi connectivity index (χ3v) is 4.88. The van der Waals surface area contributed by atoms with Crippen LogP contribution in [0.1, 0.15) is 16.0 Å². The Labute approximate surface area is 162 Å². The molecule has 1 aromatic heterocycles. The molecule has 7 nitrogen and oxygen atoms in total. The van der Waals surface area contributed by atoms with Crippen LogP contribution in [-0.4, -0.2) is 27.2 Å². The second-order valence-electron chi connectivity index (χ2n) is 6.11. The molecule has 3 aromatic rings. The van der Waals surface area contributed by atoms with Gasteiger partial charge in [-0.15, -0.1) is 0 Å². The van der Waals surface area contributed by atoms with Crippen molar-refractivity contribution in [1.82, 2.24) is 4.98 Å². The summed E-state index contributed by atoms with van der Waals surface area (Å²) < 4.78 is 19.8. The lowest BCUT2D eigenvalue weighted by Gasteiger charge is -2.10. The Bertz CT molecular complexity index is 1050. The molecule has 0 bridgehead atoms. The first kappa shape index (κ1) is 19.6. The predicted octanol–water partition coefficient (Wildman–Crippen LogP) is 2.62. The van der Waals surface area contributed by atoms with E-state index < -0.39 is 17.8 Å². The molecule has 0 saturated carbocycles. The minimum atomic E-state index is -1.19. The number of halogens is 1. The molecule has 1 heterocycles. The van der Waals surface area contributed by atoms with E-state index in [0.29, 0.717) is 17.0 Å². The number of hydrogen-bond acceptors (Lipinski definition) is 6. The first-order valence-corrected chi connectivity index (χ1v) is 9.08. The van der Waals surface area contributed by atoms with Crippen molar-refractivity contribution in [2.24, 2.45) is 5.73 Å². The van der Waals surface area contributed by atoms with E-state index in [4.69, 9.17) is 15.6 Å². The van der Waals surface area contributed by atoms with Gasteiger partial charge in [0.1, 0.15) is 23.4 Å². The standard InChI is InChI=1S/C19H17FN2O5S/c20-14-9-13(6-3-11(14)8-15(21)18(24)25)27-12-4-1-10(2-5-12)7-16-17(23)22-19(26)28-16/h1-6,9,15,23H,7-8,21H2,(H,22,26)(H,24,25). The Morgan fingerprint density at radius 1 is 1.21 bits per heavy atom. The van der Waals surface area contributed by atoms with Gasteiger partial charge < -0.3 is 20.7 Å². The number of rotatable bonds is 7. The molecule has 9 heteroatoms. The molecule has 0 amide bonds. The van der Waals surface area contributed by atoms with Crippen LogP contribution in [0.4, 0.5) is 4.39 Å². The van der Waals surface area contributed by atoms with Gasteiger partial charge in [-0.05, 0) is 29.3 Å². The topological polar surface area (TPSA) is 126 Å². The van der Waals surface area contributed by atoms with E-state index >= 15 is 0 Å². The van der Waals surface area contributed by atoms with E-state index in [0.717, 1.165) is 16.9 Å². The van der Waals surface area contributed by atoms with E-state index in [2.05, 4.69) is 4.98 Å². The Balaban J connectivity index is 1.67.